The number of aromatic nitrogens is 7. The fraction of sp³-hybridized carbons (Fsp3) is 0.211. The molecule has 0 fully saturated rings. The summed E-state index contributed by atoms with van der Waals surface area (Å²) in [7, 11) is 1.61. The number of benzene rings is 2. The number of nitrogens with one attached hydrogen (secondary N) is 2. The van der Waals surface area contributed by atoms with E-state index in [4.69, 9.17) is 4.74 Å². The number of carbonyl (C=O) groups excluding carboxylic acids is 2. The van der Waals surface area contributed by atoms with Crippen molar-refractivity contribution in [3.05, 3.63) is 53.9 Å². The lowest BCUT2D eigenvalue weighted by atomic mass is 10.2. The largest absolute Gasteiger partial charge is 0.489 e. The molecule has 31 heavy (non-hydrogen) atoms. The molecule has 12 nitrogen and oxygen atoms in total. The maximum absolute atomic E-state index is 12.9. The van der Waals surface area contributed by atoms with Crippen LogP contribution in [0.5, 0.6) is 5.75 Å². The van der Waals surface area contributed by atoms with Gasteiger partial charge in [0.25, 0.3) is 17.6 Å². The zero-order valence-corrected chi connectivity index (χ0v) is 16.4. The Hall–Kier alpha value is -4.35. The topological polar surface area (TPSA) is 144 Å². The summed E-state index contributed by atoms with van der Waals surface area (Å²) in [4.78, 5) is 28.3. The first-order chi connectivity index (χ1) is 15.1. The quantitative estimate of drug-likeness (QED) is 0.476. The number of ether oxygens (including phenoxy) is 1. The molecule has 0 saturated carbocycles. The Bertz CT molecular complexity index is 1270. The molecule has 0 spiro atoms. The van der Waals surface area contributed by atoms with Crippen molar-refractivity contribution in [3.63, 3.8) is 0 Å². The van der Waals surface area contributed by atoms with Gasteiger partial charge >= 0.3 is 0 Å². The van der Waals surface area contributed by atoms with Crippen LogP contribution >= 0.6 is 0 Å². The summed E-state index contributed by atoms with van der Waals surface area (Å²) in [5.41, 5.74) is 2.79. The summed E-state index contributed by atoms with van der Waals surface area (Å²) in [6.07, 6.45) is 0. The third kappa shape index (κ3) is 3.54. The van der Waals surface area contributed by atoms with E-state index in [2.05, 4.69) is 36.1 Å². The van der Waals surface area contributed by atoms with Gasteiger partial charge in [0.2, 0.25) is 0 Å². The van der Waals surface area contributed by atoms with Crippen LogP contribution in [0.4, 0.5) is 5.69 Å². The van der Waals surface area contributed by atoms with Crippen molar-refractivity contribution >= 4 is 28.5 Å². The fourth-order valence-electron chi connectivity index (χ4n) is 3.31. The van der Waals surface area contributed by atoms with E-state index in [1.54, 1.807) is 19.2 Å². The minimum Gasteiger partial charge on any atom is -0.489 e. The zero-order valence-electron chi connectivity index (χ0n) is 16.4. The van der Waals surface area contributed by atoms with Gasteiger partial charge in [0.05, 0.1) is 17.7 Å². The molecule has 1 atom stereocenters. The number of fused-ring (bicyclic) bond motifs is 2. The van der Waals surface area contributed by atoms with Gasteiger partial charge in [-0.25, -0.2) is 0 Å². The Morgan fingerprint density at radius 2 is 2.10 bits per heavy atom. The Labute approximate surface area is 175 Å². The van der Waals surface area contributed by atoms with Gasteiger partial charge in [-0.15, -0.1) is 15.3 Å². The summed E-state index contributed by atoms with van der Waals surface area (Å²) >= 11 is 0. The molecular formula is C19H17N9O3. The van der Waals surface area contributed by atoms with Gasteiger partial charge in [0.15, 0.2) is 0 Å². The molecule has 1 aliphatic heterocycles. The maximum atomic E-state index is 12.9. The minimum atomic E-state index is -0.921. The molecule has 0 saturated heterocycles. The van der Waals surface area contributed by atoms with E-state index in [0.717, 1.165) is 5.56 Å². The fourth-order valence-corrected chi connectivity index (χ4v) is 3.31. The van der Waals surface area contributed by atoms with E-state index >= 15 is 0 Å². The smallest absolute Gasteiger partial charge is 0.293 e. The van der Waals surface area contributed by atoms with Crippen molar-refractivity contribution < 1.29 is 14.3 Å². The number of tetrazole rings is 1. The van der Waals surface area contributed by atoms with E-state index in [9.17, 15) is 9.59 Å². The highest BCUT2D eigenvalue weighted by Crippen LogP contribution is 2.33. The lowest BCUT2D eigenvalue weighted by Gasteiger charge is -2.19. The number of likely N-dealkylation sites (N-methyl/N-ethyl adjacent to an activating group) is 1. The molecule has 0 unspecified atom stereocenters. The number of anilines is 1. The molecule has 12 heteroatoms. The highest BCUT2D eigenvalue weighted by Gasteiger charge is 2.32. The highest BCUT2D eigenvalue weighted by atomic mass is 16.5. The van der Waals surface area contributed by atoms with Crippen LogP contribution in [0.25, 0.3) is 11.0 Å². The Morgan fingerprint density at radius 3 is 2.94 bits per heavy atom. The average molecular weight is 419 g/mol. The lowest BCUT2D eigenvalue weighted by Crippen LogP contribution is -2.49. The zero-order chi connectivity index (χ0) is 21.4. The second kappa shape index (κ2) is 7.48. The Kier molecular flexibility index (Phi) is 4.50. The predicted octanol–water partition coefficient (Wildman–Crippen LogP) is 0.147. The van der Waals surface area contributed by atoms with Crippen LogP contribution in [0, 0.1) is 0 Å². The van der Waals surface area contributed by atoms with Crippen molar-refractivity contribution in [2.75, 3.05) is 18.6 Å². The normalized spacial score (nSPS) is 16.0. The molecule has 0 aliphatic carbocycles. The van der Waals surface area contributed by atoms with Crippen LogP contribution in [-0.2, 0) is 11.3 Å². The standard InChI is InChI=1S/C19H17N9O3/c1-27-15-7-12-13(22-25-21-12)8-16(15)31-10-14(19(27)30)20-18(29)17-23-26-28(24-17)9-11-5-3-2-4-6-11/h2-8,14H,9-10H2,1H3,(H,20,29)(H,21,22,25)/t14-/m0/s1. The molecule has 5 rings (SSSR count). The highest BCUT2D eigenvalue weighted by molar-refractivity contribution is 6.03. The number of aromatic amines is 1. The molecule has 2 aromatic carbocycles. The molecule has 4 aromatic rings. The minimum absolute atomic E-state index is 0.0485. The van der Waals surface area contributed by atoms with E-state index in [-0.39, 0.29) is 18.3 Å². The molecule has 0 radical (unpaired) electrons. The van der Waals surface area contributed by atoms with Gasteiger partial charge in [-0.2, -0.15) is 4.80 Å². The lowest BCUT2D eigenvalue weighted by molar-refractivity contribution is -0.120. The Balaban J connectivity index is 1.31. The number of hydrogen-bond donors (Lipinski definition) is 2. The molecule has 0 bridgehead atoms. The molecule has 3 heterocycles. The second-order valence-electron chi connectivity index (χ2n) is 7.01. The van der Waals surface area contributed by atoms with Crippen molar-refractivity contribution in [2.45, 2.75) is 12.6 Å². The third-order valence-corrected chi connectivity index (χ3v) is 4.93. The second-order valence-corrected chi connectivity index (χ2v) is 7.01. The van der Waals surface area contributed by atoms with Crippen LogP contribution in [0.3, 0.4) is 0 Å². The van der Waals surface area contributed by atoms with E-state index in [1.165, 1.54) is 9.70 Å². The molecule has 1 aliphatic rings. The molecular weight excluding hydrogens is 402 g/mol. The van der Waals surface area contributed by atoms with Crippen molar-refractivity contribution in [2.24, 2.45) is 0 Å². The van der Waals surface area contributed by atoms with Crippen LogP contribution in [-0.4, -0.2) is 67.1 Å². The summed E-state index contributed by atoms with van der Waals surface area (Å²) in [5.74, 6) is -0.597. The molecule has 2 amide bonds. The van der Waals surface area contributed by atoms with Gasteiger partial charge in [0.1, 0.15) is 23.9 Å². The van der Waals surface area contributed by atoms with Crippen LogP contribution in [0.15, 0.2) is 42.5 Å². The van der Waals surface area contributed by atoms with Crippen LogP contribution in [0.1, 0.15) is 16.2 Å². The third-order valence-electron chi connectivity index (χ3n) is 4.93. The van der Waals surface area contributed by atoms with E-state index < -0.39 is 11.9 Å². The predicted molar refractivity (Wildman–Crippen MR) is 107 cm³/mol. The van der Waals surface area contributed by atoms with Crippen molar-refractivity contribution in [3.8, 4) is 5.75 Å². The number of carbonyl (C=O) groups is 2. The van der Waals surface area contributed by atoms with Gasteiger partial charge in [0, 0.05) is 13.1 Å². The number of nitrogens with zero attached hydrogens (tertiary/aromatic N) is 7. The Morgan fingerprint density at radius 1 is 1.26 bits per heavy atom. The number of rotatable bonds is 4. The first kappa shape index (κ1) is 18.7. The monoisotopic (exact) mass is 419 g/mol. The van der Waals surface area contributed by atoms with Gasteiger partial charge in [-0.3, -0.25) is 14.7 Å². The summed E-state index contributed by atoms with van der Waals surface area (Å²) in [6, 6.07) is 12.1. The van der Waals surface area contributed by atoms with Gasteiger partial charge in [-0.05, 0) is 16.8 Å². The summed E-state index contributed by atoms with van der Waals surface area (Å²) in [5, 5.41) is 24.9. The van der Waals surface area contributed by atoms with Crippen LogP contribution < -0.4 is 15.0 Å². The van der Waals surface area contributed by atoms with E-state index in [1.807, 2.05) is 30.3 Å². The molecule has 156 valence electrons. The first-order valence-electron chi connectivity index (χ1n) is 9.46. The molecule has 2 N–H and O–H groups in total. The number of amides is 2. The molecule has 2 aromatic heterocycles. The van der Waals surface area contributed by atoms with Gasteiger partial charge in [-0.1, -0.05) is 35.5 Å². The number of hydrogen-bond acceptors (Lipinski definition) is 8. The van der Waals surface area contributed by atoms with Crippen molar-refractivity contribution in [1.29, 1.82) is 0 Å². The number of H-pyrrole nitrogens is 1. The van der Waals surface area contributed by atoms with Crippen LogP contribution in [0.2, 0.25) is 0 Å². The maximum Gasteiger partial charge on any atom is 0.293 e. The summed E-state index contributed by atoms with van der Waals surface area (Å²) in [6.45, 7) is 0.327. The van der Waals surface area contributed by atoms with E-state index in [0.29, 0.717) is 29.0 Å². The van der Waals surface area contributed by atoms with Gasteiger partial charge < -0.3 is 15.0 Å². The van der Waals surface area contributed by atoms with Crippen molar-refractivity contribution in [1.82, 2.24) is 40.9 Å². The SMILES string of the molecule is CN1C(=O)[C@@H](NC(=O)c2nnn(Cc3ccccc3)n2)COc2cc3[nH]nnc3cc21. The summed E-state index contributed by atoms with van der Waals surface area (Å²) < 4.78 is 5.79. The first-order valence-corrected chi connectivity index (χ1v) is 9.46. The average Bonchev–Trinajstić information content (AvgIpc) is 3.42.